The lowest BCUT2D eigenvalue weighted by atomic mass is 9.59. The van der Waals surface area contributed by atoms with Crippen molar-refractivity contribution in [2.75, 3.05) is 26.2 Å². The van der Waals surface area contributed by atoms with Crippen molar-refractivity contribution in [3.63, 3.8) is 0 Å². The monoisotopic (exact) mass is 502 g/mol. The van der Waals surface area contributed by atoms with E-state index in [2.05, 4.69) is 24.1 Å². The summed E-state index contributed by atoms with van der Waals surface area (Å²) in [5.41, 5.74) is 0.287. The Morgan fingerprint density at radius 2 is 1.72 bits per heavy atom. The van der Waals surface area contributed by atoms with Crippen molar-refractivity contribution in [3.8, 4) is 0 Å². The summed E-state index contributed by atoms with van der Waals surface area (Å²) in [5, 5.41) is 23.1. The first-order valence-corrected chi connectivity index (χ1v) is 15.3. The first-order chi connectivity index (χ1) is 17.3. The SMILES string of the molecule is CC(C)NCC1CCC2OCC3(CCN(C(=O)C4CCCC(C5CCCC(B(O)O)C5)C4)CC3)C2C1. The summed E-state index contributed by atoms with van der Waals surface area (Å²) >= 11 is 0. The molecule has 7 unspecified atom stereocenters. The topological polar surface area (TPSA) is 82.0 Å². The fourth-order valence-electron chi connectivity index (χ4n) is 8.83. The molecule has 0 aromatic rings. The molecule has 2 saturated heterocycles. The van der Waals surface area contributed by atoms with Crippen LogP contribution in [0, 0.1) is 35.0 Å². The van der Waals surface area contributed by atoms with Gasteiger partial charge in [0.15, 0.2) is 0 Å². The molecule has 3 saturated carbocycles. The predicted molar refractivity (Wildman–Crippen MR) is 143 cm³/mol. The maximum absolute atomic E-state index is 13.6. The Kier molecular flexibility index (Phi) is 8.71. The van der Waals surface area contributed by atoms with Crippen molar-refractivity contribution in [1.29, 1.82) is 0 Å². The summed E-state index contributed by atoms with van der Waals surface area (Å²) in [6.07, 6.45) is 15.0. The summed E-state index contributed by atoms with van der Waals surface area (Å²) in [6.45, 7) is 8.31. The lowest BCUT2D eigenvalue weighted by Crippen LogP contribution is -2.50. The summed E-state index contributed by atoms with van der Waals surface area (Å²) in [7, 11) is -1.18. The van der Waals surface area contributed by atoms with Crippen molar-refractivity contribution in [2.24, 2.45) is 35.0 Å². The number of piperidine rings is 1. The van der Waals surface area contributed by atoms with Gasteiger partial charge >= 0.3 is 7.12 Å². The van der Waals surface area contributed by atoms with Crippen LogP contribution in [0.1, 0.15) is 97.3 Å². The van der Waals surface area contributed by atoms with Gasteiger partial charge in [0.2, 0.25) is 5.91 Å². The number of fused-ring (bicyclic) bond motifs is 2. The van der Waals surface area contributed by atoms with Crippen LogP contribution in [-0.4, -0.2) is 66.4 Å². The van der Waals surface area contributed by atoms with Crippen LogP contribution >= 0.6 is 0 Å². The molecule has 0 radical (unpaired) electrons. The summed E-state index contributed by atoms with van der Waals surface area (Å²) in [5.74, 6) is 3.17. The van der Waals surface area contributed by atoms with Gasteiger partial charge in [0.05, 0.1) is 12.7 Å². The number of amides is 1. The van der Waals surface area contributed by atoms with Crippen LogP contribution in [0.4, 0.5) is 0 Å². The average Bonchev–Trinajstić information content (AvgIpc) is 3.24. The molecule has 0 aromatic heterocycles. The minimum Gasteiger partial charge on any atom is -0.427 e. The van der Waals surface area contributed by atoms with E-state index in [1.54, 1.807) is 0 Å². The molecule has 1 amide bonds. The van der Waals surface area contributed by atoms with Gasteiger partial charge in [0.25, 0.3) is 0 Å². The Balaban J connectivity index is 1.14. The summed E-state index contributed by atoms with van der Waals surface area (Å²) < 4.78 is 6.38. The first kappa shape index (κ1) is 27.0. The molecule has 5 rings (SSSR count). The van der Waals surface area contributed by atoms with E-state index in [9.17, 15) is 14.8 Å². The van der Waals surface area contributed by atoms with Gasteiger partial charge in [-0.15, -0.1) is 0 Å². The maximum Gasteiger partial charge on any atom is 0.454 e. The number of carbonyl (C=O) groups excluding carboxylic acids is 1. The molecule has 6 nitrogen and oxygen atoms in total. The van der Waals surface area contributed by atoms with Crippen molar-refractivity contribution in [2.45, 2.75) is 115 Å². The maximum atomic E-state index is 13.6. The average molecular weight is 503 g/mol. The Labute approximate surface area is 219 Å². The number of nitrogens with one attached hydrogen (secondary N) is 1. The zero-order valence-electron chi connectivity index (χ0n) is 22.9. The van der Waals surface area contributed by atoms with Crippen LogP contribution in [-0.2, 0) is 9.53 Å². The third kappa shape index (κ3) is 5.84. The van der Waals surface area contributed by atoms with Crippen LogP contribution in [0.15, 0.2) is 0 Å². The van der Waals surface area contributed by atoms with Gasteiger partial charge < -0.3 is 25.0 Å². The summed E-state index contributed by atoms with van der Waals surface area (Å²) in [6, 6.07) is 0.547. The van der Waals surface area contributed by atoms with Gasteiger partial charge in [-0.25, -0.2) is 0 Å². The van der Waals surface area contributed by atoms with Gasteiger partial charge in [-0.2, -0.15) is 0 Å². The quantitative estimate of drug-likeness (QED) is 0.473. The fraction of sp³-hybridized carbons (Fsp3) is 0.966. The number of hydrogen-bond acceptors (Lipinski definition) is 5. The molecule has 0 bridgehead atoms. The Hall–Kier alpha value is -0.625. The second kappa shape index (κ2) is 11.6. The highest BCUT2D eigenvalue weighted by atomic mass is 16.5. The molecule has 1 spiro atoms. The lowest BCUT2D eigenvalue weighted by Gasteiger charge is -2.46. The van der Waals surface area contributed by atoms with E-state index >= 15 is 0 Å². The van der Waals surface area contributed by atoms with Crippen molar-refractivity contribution in [1.82, 2.24) is 10.2 Å². The molecule has 7 atom stereocenters. The minimum atomic E-state index is -1.18. The second-order valence-corrected chi connectivity index (χ2v) is 13.6. The predicted octanol–water partition coefficient (Wildman–Crippen LogP) is 4.25. The third-order valence-electron chi connectivity index (χ3n) is 11.1. The number of likely N-dealkylation sites (tertiary alicyclic amines) is 1. The summed E-state index contributed by atoms with van der Waals surface area (Å²) in [4.78, 5) is 15.8. The van der Waals surface area contributed by atoms with Gasteiger partial charge in [0.1, 0.15) is 0 Å². The Bertz CT molecular complexity index is 741. The highest BCUT2D eigenvalue weighted by Crippen LogP contribution is 2.53. The Morgan fingerprint density at radius 1 is 1.00 bits per heavy atom. The lowest BCUT2D eigenvalue weighted by molar-refractivity contribution is -0.140. The van der Waals surface area contributed by atoms with Gasteiger partial charge in [0, 0.05) is 30.5 Å². The standard InChI is InChI=1S/C29H51BN2O4/c1-20(2)31-18-21-9-10-27-26(15-21)29(19-36-27)11-13-32(14-12-29)28(33)24-7-3-5-22(16-24)23-6-4-8-25(17-23)30(34)35/h20-27,31,34-35H,3-19H2,1-2H3. The molecule has 2 aliphatic heterocycles. The molecular weight excluding hydrogens is 451 g/mol. The van der Waals surface area contributed by atoms with Crippen molar-refractivity contribution < 1.29 is 19.6 Å². The van der Waals surface area contributed by atoms with E-state index in [1.807, 2.05) is 0 Å². The van der Waals surface area contributed by atoms with E-state index in [4.69, 9.17) is 4.74 Å². The van der Waals surface area contributed by atoms with Crippen LogP contribution in [0.25, 0.3) is 0 Å². The van der Waals surface area contributed by atoms with E-state index in [0.717, 1.165) is 83.5 Å². The minimum absolute atomic E-state index is 0.0242. The molecule has 7 heteroatoms. The van der Waals surface area contributed by atoms with Gasteiger partial charge in [-0.1, -0.05) is 46.0 Å². The third-order valence-corrected chi connectivity index (χ3v) is 11.1. The normalized spacial score (nSPS) is 38.8. The Morgan fingerprint density at radius 3 is 2.44 bits per heavy atom. The largest absolute Gasteiger partial charge is 0.454 e. The van der Waals surface area contributed by atoms with Crippen molar-refractivity contribution >= 4 is 13.0 Å². The van der Waals surface area contributed by atoms with Crippen LogP contribution in [0.5, 0.6) is 0 Å². The number of hydrogen-bond donors (Lipinski definition) is 3. The fourth-order valence-corrected chi connectivity index (χ4v) is 8.83. The molecule has 5 fully saturated rings. The molecule has 36 heavy (non-hydrogen) atoms. The van der Waals surface area contributed by atoms with E-state index in [-0.39, 0.29) is 17.2 Å². The zero-order valence-corrected chi connectivity index (χ0v) is 22.9. The molecule has 5 aliphatic rings. The van der Waals surface area contributed by atoms with Crippen molar-refractivity contribution in [3.05, 3.63) is 0 Å². The molecule has 2 heterocycles. The van der Waals surface area contributed by atoms with Gasteiger partial charge in [-0.05, 0) is 87.4 Å². The van der Waals surface area contributed by atoms with Crippen LogP contribution < -0.4 is 5.32 Å². The van der Waals surface area contributed by atoms with Crippen LogP contribution in [0.2, 0.25) is 5.82 Å². The highest BCUT2D eigenvalue weighted by Gasteiger charge is 2.53. The number of carbonyl (C=O) groups is 1. The molecule has 0 aromatic carbocycles. The van der Waals surface area contributed by atoms with Gasteiger partial charge in [-0.3, -0.25) is 4.79 Å². The second-order valence-electron chi connectivity index (χ2n) is 13.6. The van der Waals surface area contributed by atoms with E-state index in [1.165, 1.54) is 32.1 Å². The smallest absolute Gasteiger partial charge is 0.427 e. The highest BCUT2D eigenvalue weighted by molar-refractivity contribution is 6.43. The molecule has 204 valence electrons. The van der Waals surface area contributed by atoms with E-state index < -0.39 is 7.12 Å². The number of ether oxygens (including phenoxy) is 1. The first-order valence-electron chi connectivity index (χ1n) is 15.3. The molecule has 3 N–H and O–H groups in total. The zero-order chi connectivity index (χ0) is 25.3. The number of rotatable bonds is 6. The number of nitrogens with zero attached hydrogens (tertiary/aromatic N) is 1. The molecular formula is C29H51BN2O4. The van der Waals surface area contributed by atoms with Crippen LogP contribution in [0.3, 0.4) is 0 Å². The molecule has 3 aliphatic carbocycles. The van der Waals surface area contributed by atoms with E-state index in [0.29, 0.717) is 35.8 Å².